The first-order chi connectivity index (χ1) is 10.8. The summed E-state index contributed by atoms with van der Waals surface area (Å²) in [7, 11) is -2.57. The lowest BCUT2D eigenvalue weighted by Crippen LogP contribution is -2.40. The minimum Gasteiger partial charge on any atom is -0.0656 e. The van der Waals surface area contributed by atoms with Crippen molar-refractivity contribution < 1.29 is 0 Å². The van der Waals surface area contributed by atoms with Crippen molar-refractivity contribution >= 4 is 26.5 Å². The summed E-state index contributed by atoms with van der Waals surface area (Å²) in [5.74, 6) is 0. The lowest BCUT2D eigenvalue weighted by molar-refractivity contribution is 1.36. The molecule has 0 radical (unpaired) electrons. The van der Waals surface area contributed by atoms with Gasteiger partial charge in [0.25, 0.3) is 0 Å². The highest BCUT2D eigenvalue weighted by molar-refractivity contribution is 6.89. The maximum Gasteiger partial charge on any atom is 0.0779 e. The van der Waals surface area contributed by atoms with Crippen LogP contribution in [-0.2, 0) is 0 Å². The first-order valence-corrected chi connectivity index (χ1v) is 16.1. The van der Waals surface area contributed by atoms with Gasteiger partial charge in [0.15, 0.2) is 0 Å². The van der Waals surface area contributed by atoms with Crippen LogP contribution in [-0.4, -0.2) is 16.1 Å². The van der Waals surface area contributed by atoms with E-state index in [9.17, 15) is 0 Å². The van der Waals surface area contributed by atoms with Gasteiger partial charge >= 0.3 is 0 Å². The number of rotatable bonds is 3. The Morgan fingerprint density at radius 3 is 1.00 bits per heavy atom. The van der Waals surface area contributed by atoms with E-state index in [1.807, 2.05) is 0 Å². The van der Waals surface area contributed by atoms with Gasteiger partial charge in [0.2, 0.25) is 0 Å². The second kappa shape index (κ2) is 6.31. The van der Waals surface area contributed by atoms with E-state index in [1.54, 1.807) is 10.4 Å². The molecule has 0 bridgehead atoms. The van der Waals surface area contributed by atoms with E-state index in [0.29, 0.717) is 0 Å². The molecule has 2 rings (SSSR count). The smallest absolute Gasteiger partial charge is 0.0656 e. The van der Waals surface area contributed by atoms with Crippen molar-refractivity contribution in [3.63, 3.8) is 0 Å². The first kappa shape index (κ1) is 19.2. The predicted octanol–water partition coefficient (Wildman–Crippen LogP) is 5.68. The molecular weight excluding hydrogens is 320 g/mol. The quantitative estimate of drug-likeness (QED) is 0.622. The lowest BCUT2D eigenvalue weighted by Gasteiger charge is -2.24. The Bertz CT molecular complexity index is 705. The Labute approximate surface area is 151 Å². The van der Waals surface area contributed by atoms with E-state index in [0.717, 1.165) is 0 Å². The van der Waals surface area contributed by atoms with Gasteiger partial charge < -0.3 is 0 Å². The Morgan fingerprint density at radius 1 is 0.458 bits per heavy atom. The molecular formula is C22H34Si2. The molecule has 0 aliphatic carbocycles. The average Bonchev–Trinajstić information content (AvgIpc) is 2.41. The molecule has 0 nitrogen and oxygen atoms in total. The normalized spacial score (nSPS) is 12.6. The van der Waals surface area contributed by atoms with Crippen LogP contribution in [0.3, 0.4) is 0 Å². The fraction of sp³-hybridized carbons (Fsp3) is 0.455. The Balaban J connectivity index is 2.66. The summed E-state index contributed by atoms with van der Waals surface area (Å²) in [6.07, 6.45) is 0. The summed E-state index contributed by atoms with van der Waals surface area (Å²) in [5.41, 5.74) is 8.58. The van der Waals surface area contributed by atoms with E-state index in [-0.39, 0.29) is 0 Å². The Morgan fingerprint density at radius 2 is 0.750 bits per heavy atom. The third kappa shape index (κ3) is 3.75. The molecule has 0 fully saturated rings. The third-order valence-electron chi connectivity index (χ3n) is 5.05. The highest BCUT2D eigenvalue weighted by atomic mass is 28.3. The van der Waals surface area contributed by atoms with Crippen molar-refractivity contribution in [3.8, 4) is 11.1 Å². The highest BCUT2D eigenvalue weighted by Crippen LogP contribution is 2.29. The molecule has 0 aliphatic rings. The van der Waals surface area contributed by atoms with Gasteiger partial charge in [-0.2, -0.15) is 0 Å². The monoisotopic (exact) mass is 354 g/mol. The van der Waals surface area contributed by atoms with Gasteiger partial charge in [0, 0.05) is 0 Å². The minimum atomic E-state index is -1.29. The molecule has 2 heteroatoms. The van der Waals surface area contributed by atoms with Crippen molar-refractivity contribution in [2.75, 3.05) is 0 Å². The zero-order valence-corrected chi connectivity index (χ0v) is 19.3. The number of hydrogen-bond acceptors (Lipinski definition) is 0. The van der Waals surface area contributed by atoms with E-state index in [1.165, 1.54) is 33.4 Å². The molecule has 0 amide bonds. The number of aryl methyl sites for hydroxylation is 4. The average molecular weight is 355 g/mol. The predicted molar refractivity (Wildman–Crippen MR) is 117 cm³/mol. The zero-order chi connectivity index (χ0) is 18.4. The molecule has 0 aliphatic heterocycles. The summed E-state index contributed by atoms with van der Waals surface area (Å²) in [6, 6.07) is 9.77. The second-order valence-electron chi connectivity index (χ2n) is 9.46. The summed E-state index contributed by atoms with van der Waals surface area (Å²) in [6.45, 7) is 23.8. The topological polar surface area (TPSA) is 0 Å². The molecule has 0 N–H and O–H groups in total. The van der Waals surface area contributed by atoms with Crippen LogP contribution in [0, 0.1) is 27.7 Å². The minimum absolute atomic E-state index is 1.29. The van der Waals surface area contributed by atoms with Crippen molar-refractivity contribution in [3.05, 3.63) is 46.5 Å². The highest BCUT2D eigenvalue weighted by Gasteiger charge is 2.22. The van der Waals surface area contributed by atoms with Gasteiger partial charge in [-0.15, -0.1) is 0 Å². The van der Waals surface area contributed by atoms with Crippen LogP contribution in [0.5, 0.6) is 0 Å². The van der Waals surface area contributed by atoms with Crippen LogP contribution in [0.15, 0.2) is 24.3 Å². The molecule has 0 saturated carbocycles. The van der Waals surface area contributed by atoms with E-state index >= 15 is 0 Å². The van der Waals surface area contributed by atoms with Gasteiger partial charge in [-0.25, -0.2) is 0 Å². The van der Waals surface area contributed by atoms with Crippen LogP contribution in [0.2, 0.25) is 39.3 Å². The largest absolute Gasteiger partial charge is 0.0779 e. The molecule has 0 aromatic heterocycles. The lowest BCUT2D eigenvalue weighted by atomic mass is 9.93. The maximum absolute atomic E-state index is 2.46. The van der Waals surface area contributed by atoms with Crippen molar-refractivity contribution in [1.82, 2.24) is 0 Å². The van der Waals surface area contributed by atoms with Crippen LogP contribution >= 0.6 is 0 Å². The van der Waals surface area contributed by atoms with E-state index < -0.39 is 16.1 Å². The molecule has 0 saturated heterocycles. The summed E-state index contributed by atoms with van der Waals surface area (Å²) >= 11 is 0. The number of benzene rings is 2. The maximum atomic E-state index is 2.46. The molecule has 0 atom stereocenters. The Hall–Kier alpha value is -1.13. The zero-order valence-electron chi connectivity index (χ0n) is 17.3. The fourth-order valence-electron chi connectivity index (χ4n) is 3.83. The first-order valence-electron chi connectivity index (χ1n) is 9.06. The molecule has 0 unspecified atom stereocenters. The van der Waals surface area contributed by atoms with Crippen LogP contribution in [0.25, 0.3) is 11.1 Å². The van der Waals surface area contributed by atoms with Crippen molar-refractivity contribution in [1.29, 1.82) is 0 Å². The van der Waals surface area contributed by atoms with Gasteiger partial charge in [-0.1, -0.05) is 85.0 Å². The summed E-state index contributed by atoms with van der Waals surface area (Å²) < 4.78 is 0. The van der Waals surface area contributed by atoms with E-state index in [4.69, 9.17) is 0 Å². The molecule has 0 heterocycles. The van der Waals surface area contributed by atoms with Crippen LogP contribution in [0.4, 0.5) is 0 Å². The Kier molecular flexibility index (Phi) is 5.05. The van der Waals surface area contributed by atoms with Gasteiger partial charge in [0.1, 0.15) is 0 Å². The van der Waals surface area contributed by atoms with Gasteiger partial charge in [-0.05, 0) is 49.9 Å². The SMILES string of the molecule is Cc1cc([Si](C)(C)C)c(C)cc1-c1cc(C)c([Si](C)(C)C)cc1C. The van der Waals surface area contributed by atoms with Crippen molar-refractivity contribution in [2.24, 2.45) is 0 Å². The van der Waals surface area contributed by atoms with E-state index in [2.05, 4.69) is 91.2 Å². The fourth-order valence-corrected chi connectivity index (χ4v) is 7.64. The van der Waals surface area contributed by atoms with Crippen LogP contribution < -0.4 is 10.4 Å². The molecule has 24 heavy (non-hydrogen) atoms. The van der Waals surface area contributed by atoms with Gasteiger partial charge in [0.05, 0.1) is 16.1 Å². The van der Waals surface area contributed by atoms with Gasteiger partial charge in [-0.3, -0.25) is 0 Å². The van der Waals surface area contributed by atoms with Crippen molar-refractivity contribution in [2.45, 2.75) is 67.0 Å². The third-order valence-corrected chi connectivity index (χ3v) is 9.36. The molecule has 2 aromatic rings. The summed E-state index contributed by atoms with van der Waals surface area (Å²) in [4.78, 5) is 0. The van der Waals surface area contributed by atoms with Crippen LogP contribution in [0.1, 0.15) is 22.3 Å². The molecule has 130 valence electrons. The molecule has 0 spiro atoms. The summed E-state index contributed by atoms with van der Waals surface area (Å²) in [5, 5.41) is 3.19. The standard InChI is InChI=1S/C22H34Si2/c1-15-13-21(23(5,6)7)17(3)11-19(15)20-12-18(4)22(14-16(20)2)24(8,9)10/h11-14H,1-10H3. The second-order valence-corrected chi connectivity index (χ2v) is 19.5. The number of hydrogen-bond donors (Lipinski definition) is 0. The molecule has 2 aromatic carbocycles.